The van der Waals surface area contributed by atoms with E-state index >= 15 is 0 Å². The number of halogens is 3. The predicted molar refractivity (Wildman–Crippen MR) is 174 cm³/mol. The average Bonchev–Trinajstić information content (AvgIpc) is 3.79. The molecule has 3 fully saturated rings. The van der Waals surface area contributed by atoms with Crippen LogP contribution in [0.2, 0.25) is 15.1 Å². The minimum atomic E-state index is -1.14. The van der Waals surface area contributed by atoms with Gasteiger partial charge in [0.2, 0.25) is 5.79 Å². The van der Waals surface area contributed by atoms with Crippen LogP contribution in [-0.2, 0) is 33.1 Å². The van der Waals surface area contributed by atoms with Crippen molar-refractivity contribution in [1.29, 1.82) is 0 Å². The van der Waals surface area contributed by atoms with Gasteiger partial charge < -0.3 is 34.5 Å². The second-order valence-electron chi connectivity index (χ2n) is 11.6. The maximum atomic E-state index is 11.3. The molecule has 13 heteroatoms. The molecule has 0 saturated carbocycles. The van der Waals surface area contributed by atoms with Crippen LogP contribution < -0.4 is 15.4 Å². The third-order valence-electron chi connectivity index (χ3n) is 8.08. The molecule has 6 rings (SSSR count). The summed E-state index contributed by atoms with van der Waals surface area (Å²) in [5, 5.41) is 17.2. The third-order valence-corrected chi connectivity index (χ3v) is 8.91. The van der Waals surface area contributed by atoms with Crippen LogP contribution in [0, 0.1) is 6.92 Å². The number of carboxylic acid groups (broad SMARTS) is 1. The van der Waals surface area contributed by atoms with Crippen molar-refractivity contribution in [3.63, 3.8) is 0 Å². The Labute approximate surface area is 278 Å². The van der Waals surface area contributed by atoms with E-state index in [9.17, 15) is 9.90 Å². The Kier molecular flexibility index (Phi) is 12.0. The molecular weight excluding hydrogens is 641 g/mol. The largest absolute Gasteiger partial charge is 0.489 e. The molecule has 3 unspecified atom stereocenters. The number of nitrogens with one attached hydrogen (secondary N) is 2. The molecule has 3 aliphatic heterocycles. The van der Waals surface area contributed by atoms with Crippen LogP contribution in [0.4, 0.5) is 0 Å². The van der Waals surface area contributed by atoms with Crippen LogP contribution in [0.15, 0.2) is 49.1 Å². The molecule has 2 aromatic carbocycles. The van der Waals surface area contributed by atoms with Gasteiger partial charge in [0, 0.05) is 55.2 Å². The van der Waals surface area contributed by atoms with E-state index in [1.165, 1.54) is 25.9 Å². The van der Waals surface area contributed by atoms with Crippen molar-refractivity contribution in [2.24, 2.45) is 0 Å². The first kappa shape index (κ1) is 33.9. The number of aryl methyl sites for hydroxylation is 1. The number of hydrogen-bond donors (Lipinski definition) is 3. The van der Waals surface area contributed by atoms with Crippen LogP contribution in [0.5, 0.6) is 5.75 Å². The number of rotatable bonds is 10. The average molecular weight is 681 g/mol. The van der Waals surface area contributed by atoms with E-state index in [2.05, 4.69) is 20.5 Å². The molecule has 3 aromatic rings. The predicted octanol–water partition coefficient (Wildman–Crippen LogP) is 5.12. The number of hydrogen-bond acceptors (Lipinski definition) is 8. The van der Waals surface area contributed by atoms with E-state index in [1.807, 2.05) is 35.9 Å². The first-order chi connectivity index (χ1) is 21.7. The van der Waals surface area contributed by atoms with Crippen molar-refractivity contribution in [2.45, 2.75) is 57.2 Å². The minimum absolute atomic E-state index is 0.0718. The van der Waals surface area contributed by atoms with Gasteiger partial charge in [-0.3, -0.25) is 9.69 Å². The highest BCUT2D eigenvalue weighted by Crippen LogP contribution is 2.41. The second kappa shape index (κ2) is 15.9. The van der Waals surface area contributed by atoms with E-state index in [1.54, 1.807) is 24.7 Å². The Morgan fingerprint density at radius 3 is 2.62 bits per heavy atom. The maximum Gasteiger partial charge on any atom is 0.304 e. The third kappa shape index (κ3) is 9.11. The Bertz CT molecular complexity index is 1390. The van der Waals surface area contributed by atoms with Gasteiger partial charge >= 0.3 is 5.97 Å². The minimum Gasteiger partial charge on any atom is -0.489 e. The molecule has 3 aliphatic rings. The SMILES string of the molecule is C1CCNC1.Cc1cc(CN2CCNCC2CC(=O)O)cc(Cl)c1OCC1COC(Cn2ccnc2)(c2ccc(Cl)cc2Cl)O1. The molecular formula is C32H40Cl3N5O5. The van der Waals surface area contributed by atoms with Gasteiger partial charge in [0.1, 0.15) is 18.5 Å². The van der Waals surface area contributed by atoms with Crippen LogP contribution in [0.25, 0.3) is 0 Å². The fourth-order valence-corrected chi connectivity index (χ4v) is 6.80. The molecule has 4 heterocycles. The first-order valence-electron chi connectivity index (χ1n) is 15.2. The summed E-state index contributed by atoms with van der Waals surface area (Å²) in [7, 11) is 0. The summed E-state index contributed by atoms with van der Waals surface area (Å²) >= 11 is 19.4. The van der Waals surface area contributed by atoms with Crippen molar-refractivity contribution >= 4 is 40.8 Å². The van der Waals surface area contributed by atoms with Crippen molar-refractivity contribution in [2.75, 3.05) is 45.9 Å². The van der Waals surface area contributed by atoms with Gasteiger partial charge in [-0.1, -0.05) is 46.9 Å². The van der Waals surface area contributed by atoms with Crippen LogP contribution >= 0.6 is 34.8 Å². The molecule has 10 nitrogen and oxygen atoms in total. The Morgan fingerprint density at radius 1 is 1.13 bits per heavy atom. The van der Waals surface area contributed by atoms with Crippen molar-refractivity contribution in [1.82, 2.24) is 25.1 Å². The van der Waals surface area contributed by atoms with Crippen molar-refractivity contribution < 1.29 is 24.1 Å². The number of carboxylic acids is 1. The summed E-state index contributed by atoms with van der Waals surface area (Å²) < 4.78 is 20.8. The maximum absolute atomic E-state index is 11.3. The lowest BCUT2D eigenvalue weighted by molar-refractivity contribution is -0.189. The van der Waals surface area contributed by atoms with Gasteiger partial charge in [-0.2, -0.15) is 0 Å². The molecule has 3 atom stereocenters. The Balaban J connectivity index is 0.000000729. The summed E-state index contributed by atoms with van der Waals surface area (Å²) in [5.41, 5.74) is 2.56. The summed E-state index contributed by atoms with van der Waals surface area (Å²) in [6, 6.07) is 9.07. The van der Waals surface area contributed by atoms with Crippen LogP contribution in [-0.4, -0.2) is 83.6 Å². The first-order valence-corrected chi connectivity index (χ1v) is 16.4. The number of benzene rings is 2. The van der Waals surface area contributed by atoms with Crippen molar-refractivity contribution in [3.05, 3.63) is 80.8 Å². The summed E-state index contributed by atoms with van der Waals surface area (Å²) in [5.74, 6) is -1.37. The molecule has 0 spiro atoms. The zero-order valence-electron chi connectivity index (χ0n) is 25.3. The number of aliphatic carboxylic acids is 1. The number of carbonyl (C=O) groups is 1. The monoisotopic (exact) mass is 679 g/mol. The topological polar surface area (TPSA) is 110 Å². The van der Waals surface area contributed by atoms with Gasteiger partial charge in [0.15, 0.2) is 0 Å². The normalized spacial score (nSPS) is 23.5. The number of piperazine rings is 1. The van der Waals surface area contributed by atoms with Crippen LogP contribution in [0.1, 0.15) is 36.0 Å². The van der Waals surface area contributed by atoms with E-state index in [-0.39, 0.29) is 31.8 Å². The molecule has 1 aromatic heterocycles. The van der Waals surface area contributed by atoms with Gasteiger partial charge in [0.25, 0.3) is 0 Å². The van der Waals surface area contributed by atoms with E-state index in [0.29, 0.717) is 46.0 Å². The highest BCUT2D eigenvalue weighted by molar-refractivity contribution is 6.35. The van der Waals surface area contributed by atoms with Gasteiger partial charge in [0.05, 0.1) is 35.9 Å². The Morgan fingerprint density at radius 2 is 1.96 bits per heavy atom. The molecule has 45 heavy (non-hydrogen) atoms. The quantitative estimate of drug-likeness (QED) is 0.269. The molecule has 3 N–H and O–H groups in total. The molecule has 0 aliphatic carbocycles. The lowest BCUT2D eigenvalue weighted by atomic mass is 10.1. The van der Waals surface area contributed by atoms with Gasteiger partial charge in [-0.05, 0) is 62.2 Å². The fourth-order valence-electron chi connectivity index (χ4n) is 5.90. The fraction of sp³-hybridized carbons (Fsp3) is 0.500. The zero-order valence-corrected chi connectivity index (χ0v) is 27.6. The number of aromatic nitrogens is 2. The summed E-state index contributed by atoms with van der Waals surface area (Å²) in [4.78, 5) is 17.6. The smallest absolute Gasteiger partial charge is 0.304 e. The molecule has 0 radical (unpaired) electrons. The number of ether oxygens (including phenoxy) is 3. The lowest BCUT2D eigenvalue weighted by Crippen LogP contribution is -2.51. The van der Waals surface area contributed by atoms with Crippen LogP contribution in [0.3, 0.4) is 0 Å². The highest BCUT2D eigenvalue weighted by atomic mass is 35.5. The van der Waals surface area contributed by atoms with E-state index in [0.717, 1.165) is 24.2 Å². The summed E-state index contributed by atoms with van der Waals surface area (Å²) in [6.07, 6.45) is 7.70. The lowest BCUT2D eigenvalue weighted by Gasteiger charge is -2.35. The van der Waals surface area contributed by atoms with Crippen molar-refractivity contribution in [3.8, 4) is 5.75 Å². The molecule has 0 amide bonds. The standard InChI is InChI=1S/C28H31Cl3N4O5.C4H9N/c1-18-8-19(13-35-7-5-32-12-21(35)11-26(36)37)9-25(31)27(18)38-14-22-15-39-28(40-22,16-34-6-4-33-17-34)23-3-2-20(29)10-24(23)30;1-2-4-5-3-1/h2-4,6,8-10,17,21-22,32H,5,7,11-16H2,1H3,(H,36,37);5H,1-4H2. The summed E-state index contributed by atoms with van der Waals surface area (Å²) in [6.45, 7) is 8.13. The van der Waals surface area contributed by atoms with E-state index < -0.39 is 11.8 Å². The zero-order chi connectivity index (χ0) is 31.8. The second-order valence-corrected chi connectivity index (χ2v) is 12.8. The molecule has 0 bridgehead atoms. The number of imidazole rings is 1. The van der Waals surface area contributed by atoms with E-state index in [4.69, 9.17) is 49.0 Å². The number of nitrogens with zero attached hydrogens (tertiary/aromatic N) is 3. The molecule has 3 saturated heterocycles. The Hall–Kier alpha value is -2.41. The van der Waals surface area contributed by atoms with Gasteiger partial charge in [-0.15, -0.1) is 0 Å². The molecule has 244 valence electrons. The highest BCUT2D eigenvalue weighted by Gasteiger charge is 2.45. The van der Waals surface area contributed by atoms with Gasteiger partial charge in [-0.25, -0.2) is 4.98 Å².